The minimum atomic E-state index is -0.907. The Hall–Kier alpha value is -4.17. The quantitative estimate of drug-likeness (QED) is 0.227. The van der Waals surface area contributed by atoms with Crippen molar-refractivity contribution >= 4 is 40.0 Å². The van der Waals surface area contributed by atoms with Crippen molar-refractivity contribution in [2.24, 2.45) is 11.3 Å². The summed E-state index contributed by atoms with van der Waals surface area (Å²) in [4.78, 5) is 51.2. The number of hydrogen-bond acceptors (Lipinski definition) is 10. The molecule has 6 bridgehead atoms. The van der Waals surface area contributed by atoms with Crippen LogP contribution in [-0.2, 0) is 48.0 Å². The molecule has 0 aliphatic carbocycles. The molecule has 3 aromatic heterocycles. The largest absolute Gasteiger partial charge is 0.464 e. The smallest absolute Gasteiger partial charge is 0.324 e. The summed E-state index contributed by atoms with van der Waals surface area (Å²) in [6.45, 7) is 12.3. The van der Waals surface area contributed by atoms with Crippen molar-refractivity contribution in [2.45, 2.75) is 104 Å². The number of nitrogens with one attached hydrogen (secondary N) is 2. The molecule has 12 nitrogen and oxygen atoms in total. The number of hydrazine groups is 1. The predicted molar refractivity (Wildman–Crippen MR) is 207 cm³/mol. The molecule has 13 heteroatoms. The number of cyclic esters (lactones) is 1. The van der Waals surface area contributed by atoms with Gasteiger partial charge in [-0.25, -0.2) is 10.4 Å². The SMILES string of the molecule is CCn1c(-c2cccnc2[C@H](C)OC)c2c3cc(ccc31)-c1csc(n1)C[C@H](NC(=O)[C@H]1C[C@H](C)CCO1)C(=O)N1CCC[C@H](N1)C(=O)OCC(C)(C)C2. The van der Waals surface area contributed by atoms with Crippen LogP contribution in [0.15, 0.2) is 41.9 Å². The molecule has 288 valence electrons. The Morgan fingerprint density at radius 1 is 1.22 bits per heavy atom. The van der Waals surface area contributed by atoms with Gasteiger partial charge < -0.3 is 24.1 Å². The van der Waals surface area contributed by atoms with E-state index >= 15 is 0 Å². The van der Waals surface area contributed by atoms with Gasteiger partial charge in [0.1, 0.15) is 18.2 Å². The van der Waals surface area contributed by atoms with Gasteiger partial charge in [-0.05, 0) is 81.7 Å². The Morgan fingerprint density at radius 3 is 2.83 bits per heavy atom. The van der Waals surface area contributed by atoms with Gasteiger partial charge in [0.2, 0.25) is 5.91 Å². The van der Waals surface area contributed by atoms with Crippen LogP contribution < -0.4 is 10.7 Å². The number of aryl methyl sites for hydroxylation is 1. The lowest BCUT2D eigenvalue weighted by atomic mass is 9.84. The fraction of sp³-hybridized carbons (Fsp3) is 0.537. The van der Waals surface area contributed by atoms with Crippen LogP contribution in [0.1, 0.15) is 82.7 Å². The summed E-state index contributed by atoms with van der Waals surface area (Å²) < 4.78 is 20.0. The summed E-state index contributed by atoms with van der Waals surface area (Å²) >= 11 is 1.47. The van der Waals surface area contributed by atoms with Gasteiger partial charge in [0, 0.05) is 72.2 Å². The first-order valence-electron chi connectivity index (χ1n) is 19.2. The van der Waals surface area contributed by atoms with E-state index < -0.39 is 29.6 Å². The molecule has 2 saturated heterocycles. The lowest BCUT2D eigenvalue weighted by Crippen LogP contribution is -2.61. The van der Waals surface area contributed by atoms with Crippen LogP contribution in [0.25, 0.3) is 33.4 Å². The van der Waals surface area contributed by atoms with Gasteiger partial charge in [-0.2, -0.15) is 0 Å². The van der Waals surface area contributed by atoms with Crippen LogP contribution in [0, 0.1) is 11.3 Å². The standard InChI is InChI=1S/C41H52N6O6S/c1-7-46-33-13-12-26-19-28(33)29(37(46)27-10-8-15-42-36(27)25(3)51-6)21-41(4,5)23-53-40(50)30-11-9-16-47(45-30)39(49)31(20-35-43-32(26)22-54-35)44-38(48)34-18-24(2)14-17-52-34/h8,10,12-13,15,19,22,24-25,30-31,34,45H,7,9,11,14,16-18,20-21,23H2,1-6H3,(H,44,48)/t24-,25+,30+,31+,34-/m1/s1. The number of pyridine rings is 1. The fourth-order valence-electron chi connectivity index (χ4n) is 7.97. The highest BCUT2D eigenvalue weighted by atomic mass is 32.1. The number of thiazole rings is 1. The number of amides is 2. The van der Waals surface area contributed by atoms with E-state index in [0.717, 1.165) is 62.6 Å². The maximum atomic E-state index is 14.2. The van der Waals surface area contributed by atoms with Crippen LogP contribution in [0.4, 0.5) is 0 Å². The number of benzene rings is 1. The van der Waals surface area contributed by atoms with E-state index in [1.807, 2.05) is 18.4 Å². The van der Waals surface area contributed by atoms with Crippen molar-refractivity contribution in [3.8, 4) is 22.5 Å². The van der Waals surface area contributed by atoms with Gasteiger partial charge in [-0.1, -0.05) is 26.8 Å². The number of nitrogens with zero attached hydrogens (tertiary/aromatic N) is 4. The molecule has 54 heavy (non-hydrogen) atoms. The Labute approximate surface area is 320 Å². The normalized spacial score (nSPS) is 24.1. The molecule has 0 radical (unpaired) electrons. The summed E-state index contributed by atoms with van der Waals surface area (Å²) in [6, 6.07) is 8.92. The summed E-state index contributed by atoms with van der Waals surface area (Å²) in [6.07, 6.45) is 4.41. The number of rotatable bonds is 6. The summed E-state index contributed by atoms with van der Waals surface area (Å²) in [7, 11) is 1.70. The third kappa shape index (κ3) is 7.82. The number of hydrogen-bond donors (Lipinski definition) is 2. The summed E-state index contributed by atoms with van der Waals surface area (Å²) in [5.41, 5.74) is 9.60. The zero-order valence-corrected chi connectivity index (χ0v) is 33.0. The number of fused-ring (bicyclic) bond motifs is 6. The van der Waals surface area contributed by atoms with Crippen LogP contribution in [0.5, 0.6) is 0 Å². The molecule has 0 unspecified atom stereocenters. The van der Waals surface area contributed by atoms with Gasteiger partial charge >= 0.3 is 5.97 Å². The first-order valence-corrected chi connectivity index (χ1v) is 20.1. The van der Waals surface area contributed by atoms with Gasteiger partial charge in [0.25, 0.3) is 5.91 Å². The van der Waals surface area contributed by atoms with E-state index in [9.17, 15) is 14.4 Å². The average Bonchev–Trinajstić information content (AvgIpc) is 3.77. The van der Waals surface area contributed by atoms with Gasteiger partial charge in [0.05, 0.1) is 34.8 Å². The number of esters is 1. The number of aromatic nitrogens is 3. The second kappa shape index (κ2) is 15.9. The van der Waals surface area contributed by atoms with Crippen molar-refractivity contribution in [3.63, 3.8) is 0 Å². The third-order valence-electron chi connectivity index (χ3n) is 11.0. The van der Waals surface area contributed by atoms with Crippen molar-refractivity contribution in [3.05, 3.63) is 58.2 Å². The highest BCUT2D eigenvalue weighted by Crippen LogP contribution is 2.42. The van der Waals surface area contributed by atoms with E-state index in [2.05, 4.69) is 67.3 Å². The fourth-order valence-corrected chi connectivity index (χ4v) is 8.82. The van der Waals surface area contributed by atoms with Crippen molar-refractivity contribution in [1.29, 1.82) is 0 Å². The molecule has 0 spiro atoms. The Morgan fingerprint density at radius 2 is 2.06 bits per heavy atom. The van der Waals surface area contributed by atoms with Crippen molar-refractivity contribution < 1.29 is 28.6 Å². The Kier molecular flexibility index (Phi) is 11.2. The average molecular weight is 757 g/mol. The highest BCUT2D eigenvalue weighted by Gasteiger charge is 2.37. The second-order valence-corrected chi connectivity index (χ2v) is 16.7. The molecule has 4 aromatic rings. The number of methoxy groups -OCH3 is 1. The molecule has 6 heterocycles. The van der Waals surface area contributed by atoms with Crippen LogP contribution in [0.2, 0.25) is 0 Å². The first kappa shape index (κ1) is 38.1. The van der Waals surface area contributed by atoms with Gasteiger partial charge in [0.15, 0.2) is 0 Å². The lowest BCUT2D eigenvalue weighted by molar-refractivity contribution is -0.156. The molecule has 3 aliphatic rings. The number of ether oxygens (including phenoxy) is 3. The van der Waals surface area contributed by atoms with Crippen molar-refractivity contribution in [1.82, 2.24) is 30.3 Å². The second-order valence-electron chi connectivity index (χ2n) is 15.8. The molecule has 2 N–H and O–H groups in total. The van der Waals surface area contributed by atoms with E-state index in [1.54, 1.807) is 13.3 Å². The monoisotopic (exact) mass is 756 g/mol. The lowest BCUT2D eigenvalue weighted by Gasteiger charge is -2.36. The zero-order valence-electron chi connectivity index (χ0n) is 32.1. The molecule has 2 amide bonds. The highest BCUT2D eigenvalue weighted by molar-refractivity contribution is 7.10. The Balaban J connectivity index is 1.33. The molecule has 3 aliphatic heterocycles. The first-order chi connectivity index (χ1) is 26.0. The minimum Gasteiger partial charge on any atom is -0.464 e. The van der Waals surface area contributed by atoms with E-state index in [0.29, 0.717) is 44.8 Å². The zero-order chi connectivity index (χ0) is 38.1. The number of carbonyl (C=O) groups excluding carboxylic acids is 3. The third-order valence-corrected chi connectivity index (χ3v) is 11.9. The Bertz CT molecular complexity index is 2020. The molecular formula is C41H52N6O6S. The van der Waals surface area contributed by atoms with Crippen LogP contribution >= 0.6 is 11.3 Å². The van der Waals surface area contributed by atoms with Crippen molar-refractivity contribution in [2.75, 3.05) is 26.9 Å². The topological polar surface area (TPSA) is 137 Å². The molecule has 1 aromatic carbocycles. The number of carbonyl (C=O) groups is 3. The van der Waals surface area contributed by atoms with E-state index in [-0.39, 0.29) is 30.9 Å². The van der Waals surface area contributed by atoms with E-state index in [4.69, 9.17) is 24.2 Å². The molecule has 7 rings (SSSR count). The maximum absolute atomic E-state index is 14.2. The van der Waals surface area contributed by atoms with Crippen LogP contribution in [0.3, 0.4) is 0 Å². The molecule has 5 atom stereocenters. The van der Waals surface area contributed by atoms with Gasteiger partial charge in [-0.15, -0.1) is 11.3 Å². The van der Waals surface area contributed by atoms with Crippen LogP contribution in [-0.4, -0.2) is 82.4 Å². The predicted octanol–water partition coefficient (Wildman–Crippen LogP) is 6.02. The van der Waals surface area contributed by atoms with E-state index in [1.165, 1.54) is 16.3 Å². The molecular weight excluding hydrogens is 705 g/mol. The summed E-state index contributed by atoms with van der Waals surface area (Å²) in [5, 5.41) is 8.31. The maximum Gasteiger partial charge on any atom is 0.324 e. The molecule has 2 fully saturated rings. The molecule has 0 saturated carbocycles. The van der Waals surface area contributed by atoms with Gasteiger partial charge in [-0.3, -0.25) is 24.4 Å². The summed E-state index contributed by atoms with van der Waals surface area (Å²) in [5.74, 6) is -0.681. The minimum absolute atomic E-state index is 0.179.